The van der Waals surface area contributed by atoms with Crippen LogP contribution in [0.15, 0.2) is 0 Å². The quantitative estimate of drug-likeness (QED) is 0.653. The molecule has 2 atom stereocenters. The van der Waals surface area contributed by atoms with Gasteiger partial charge in [-0.2, -0.15) is 0 Å². The molecule has 1 aliphatic heterocycles. The van der Waals surface area contributed by atoms with Gasteiger partial charge in [-0.1, -0.05) is 6.92 Å². The molecule has 152 valence electrons. The first-order valence-corrected chi connectivity index (χ1v) is 9.49. The molecule has 2 aliphatic carbocycles. The second-order valence-electron chi connectivity index (χ2n) is 8.11. The van der Waals surface area contributed by atoms with E-state index in [9.17, 15) is 22.0 Å². The zero-order valence-electron chi connectivity index (χ0n) is 14.9. The monoisotopic (exact) mass is 386 g/mol. The summed E-state index contributed by atoms with van der Waals surface area (Å²) in [6.45, 7) is 3.43. The molecule has 3 nitrogen and oxygen atoms in total. The molecular formula is C18H27F5O3. The molecule has 8 heteroatoms. The molecule has 0 aromatic heterocycles. The third kappa shape index (κ3) is 5.07. The van der Waals surface area contributed by atoms with Crippen LogP contribution in [0.25, 0.3) is 0 Å². The third-order valence-corrected chi connectivity index (χ3v) is 6.00. The van der Waals surface area contributed by atoms with Crippen LogP contribution in [0.4, 0.5) is 22.0 Å². The summed E-state index contributed by atoms with van der Waals surface area (Å²) in [4.78, 5) is 0. The largest absolute Gasteiger partial charge is 0.522 e. The number of halogens is 5. The van der Waals surface area contributed by atoms with Crippen molar-refractivity contribution >= 4 is 0 Å². The van der Waals surface area contributed by atoms with Crippen LogP contribution in [-0.2, 0) is 14.2 Å². The van der Waals surface area contributed by atoms with Gasteiger partial charge in [0, 0.05) is 11.8 Å². The number of ether oxygens (including phenoxy) is 3. The average Bonchev–Trinajstić information content (AvgIpc) is 2.58. The predicted octanol–water partition coefficient (Wildman–Crippen LogP) is 4.79. The molecule has 0 N–H and O–H groups in total. The van der Waals surface area contributed by atoms with E-state index < -0.39 is 24.8 Å². The lowest BCUT2D eigenvalue weighted by atomic mass is 9.69. The van der Waals surface area contributed by atoms with Crippen molar-refractivity contribution in [3.63, 3.8) is 0 Å². The molecule has 3 rings (SSSR count). The second-order valence-corrected chi connectivity index (χ2v) is 8.11. The standard InChI is InChI=1S/C18H27F5O3/c1-10-8-24-17(25-9-10)12-4-2-11(3-5-12)13-6-14(19)16(15(20)7-13)26-18(21,22)23/h10-17H,2-9H2,1H3. The number of alkyl halides is 5. The summed E-state index contributed by atoms with van der Waals surface area (Å²) >= 11 is 0. The predicted molar refractivity (Wildman–Crippen MR) is 83.7 cm³/mol. The average molecular weight is 386 g/mol. The van der Waals surface area contributed by atoms with Gasteiger partial charge < -0.3 is 9.47 Å². The summed E-state index contributed by atoms with van der Waals surface area (Å²) in [5, 5.41) is 0. The maximum atomic E-state index is 14.1. The van der Waals surface area contributed by atoms with Crippen LogP contribution >= 0.6 is 0 Å². The van der Waals surface area contributed by atoms with Gasteiger partial charge in [-0.05, 0) is 50.4 Å². The zero-order valence-corrected chi connectivity index (χ0v) is 14.9. The van der Waals surface area contributed by atoms with Crippen molar-refractivity contribution in [2.45, 2.75) is 76.5 Å². The molecule has 0 spiro atoms. The van der Waals surface area contributed by atoms with Crippen molar-refractivity contribution in [1.82, 2.24) is 0 Å². The highest BCUT2D eigenvalue weighted by Gasteiger charge is 2.47. The molecule has 0 amide bonds. The highest BCUT2D eigenvalue weighted by Crippen LogP contribution is 2.44. The van der Waals surface area contributed by atoms with Crippen molar-refractivity contribution in [2.24, 2.45) is 23.7 Å². The van der Waals surface area contributed by atoms with Crippen LogP contribution in [0.3, 0.4) is 0 Å². The van der Waals surface area contributed by atoms with Gasteiger partial charge in [-0.25, -0.2) is 8.78 Å². The molecule has 3 aliphatic rings. The molecule has 1 saturated heterocycles. The Hall–Kier alpha value is -0.470. The molecular weight excluding hydrogens is 359 g/mol. The maximum absolute atomic E-state index is 14.1. The lowest BCUT2D eigenvalue weighted by molar-refractivity contribution is -0.358. The van der Waals surface area contributed by atoms with Gasteiger partial charge in [0.15, 0.2) is 6.29 Å². The molecule has 0 bridgehead atoms. The highest BCUT2D eigenvalue weighted by atomic mass is 19.4. The van der Waals surface area contributed by atoms with Crippen molar-refractivity contribution in [3.8, 4) is 0 Å². The van der Waals surface area contributed by atoms with E-state index in [0.717, 1.165) is 25.7 Å². The maximum Gasteiger partial charge on any atom is 0.522 e. The normalized spacial score (nSPS) is 45.5. The fourth-order valence-electron chi connectivity index (χ4n) is 4.63. The van der Waals surface area contributed by atoms with E-state index in [1.165, 1.54) is 0 Å². The topological polar surface area (TPSA) is 27.7 Å². The van der Waals surface area contributed by atoms with E-state index in [-0.39, 0.29) is 36.9 Å². The first kappa shape index (κ1) is 20.3. The van der Waals surface area contributed by atoms with Crippen molar-refractivity contribution in [3.05, 3.63) is 0 Å². The molecule has 2 saturated carbocycles. The van der Waals surface area contributed by atoms with Crippen molar-refractivity contribution < 1.29 is 36.2 Å². The molecule has 0 aromatic rings. The second kappa shape index (κ2) is 8.27. The van der Waals surface area contributed by atoms with Crippen LogP contribution < -0.4 is 0 Å². The fourth-order valence-corrected chi connectivity index (χ4v) is 4.63. The van der Waals surface area contributed by atoms with E-state index in [4.69, 9.17) is 9.47 Å². The molecule has 0 radical (unpaired) electrons. The van der Waals surface area contributed by atoms with Gasteiger partial charge in [-0.3, -0.25) is 4.74 Å². The zero-order chi connectivity index (χ0) is 18.9. The van der Waals surface area contributed by atoms with Crippen molar-refractivity contribution in [1.29, 1.82) is 0 Å². The number of hydrogen-bond donors (Lipinski definition) is 0. The van der Waals surface area contributed by atoms with E-state index in [1.54, 1.807) is 0 Å². The third-order valence-electron chi connectivity index (χ3n) is 6.00. The van der Waals surface area contributed by atoms with Crippen LogP contribution in [0.2, 0.25) is 0 Å². The molecule has 3 fully saturated rings. The Kier molecular flexibility index (Phi) is 6.45. The highest BCUT2D eigenvalue weighted by molar-refractivity contribution is 4.92. The van der Waals surface area contributed by atoms with E-state index in [0.29, 0.717) is 19.1 Å². The first-order valence-electron chi connectivity index (χ1n) is 9.49. The van der Waals surface area contributed by atoms with Crippen LogP contribution in [0.5, 0.6) is 0 Å². The Morgan fingerprint density at radius 1 is 0.808 bits per heavy atom. The summed E-state index contributed by atoms with van der Waals surface area (Å²) in [5.41, 5.74) is 0. The summed E-state index contributed by atoms with van der Waals surface area (Å²) in [6, 6.07) is 0. The Bertz CT molecular complexity index is 433. The minimum absolute atomic E-state index is 0.0650. The SMILES string of the molecule is CC1COC(C2CCC(C3CC(F)C(OC(F)(F)F)C(F)C3)CC2)OC1. The number of hydrogen-bond acceptors (Lipinski definition) is 3. The Labute approximate surface area is 150 Å². The summed E-state index contributed by atoms with van der Waals surface area (Å²) in [6.07, 6.45) is -7.90. The summed E-state index contributed by atoms with van der Waals surface area (Å²) in [5.74, 6) is 0.574. The van der Waals surface area contributed by atoms with Crippen LogP contribution in [0, 0.1) is 23.7 Å². The summed E-state index contributed by atoms with van der Waals surface area (Å²) in [7, 11) is 0. The van der Waals surface area contributed by atoms with Gasteiger partial charge in [0.2, 0.25) is 0 Å². The van der Waals surface area contributed by atoms with Crippen molar-refractivity contribution in [2.75, 3.05) is 13.2 Å². The summed E-state index contributed by atoms with van der Waals surface area (Å²) < 4.78 is 80.3. The lowest BCUT2D eigenvalue weighted by Gasteiger charge is -2.42. The minimum atomic E-state index is -5.01. The van der Waals surface area contributed by atoms with Gasteiger partial charge >= 0.3 is 6.36 Å². The van der Waals surface area contributed by atoms with Crippen LogP contribution in [0.1, 0.15) is 45.4 Å². The van der Waals surface area contributed by atoms with Gasteiger partial charge in [0.05, 0.1) is 13.2 Å². The number of rotatable bonds is 3. The Morgan fingerprint density at radius 3 is 1.81 bits per heavy atom. The van der Waals surface area contributed by atoms with E-state index in [2.05, 4.69) is 11.7 Å². The fraction of sp³-hybridized carbons (Fsp3) is 1.00. The molecule has 2 unspecified atom stereocenters. The lowest BCUT2D eigenvalue weighted by Crippen LogP contribution is -2.46. The van der Waals surface area contributed by atoms with Gasteiger partial charge in [0.25, 0.3) is 0 Å². The van der Waals surface area contributed by atoms with Gasteiger partial charge in [0.1, 0.15) is 18.4 Å². The minimum Gasteiger partial charge on any atom is -0.352 e. The first-order chi connectivity index (χ1) is 12.2. The molecule has 26 heavy (non-hydrogen) atoms. The van der Waals surface area contributed by atoms with Crippen LogP contribution in [-0.4, -0.2) is 44.3 Å². The Morgan fingerprint density at radius 2 is 1.31 bits per heavy atom. The molecule has 1 heterocycles. The van der Waals surface area contributed by atoms with E-state index >= 15 is 0 Å². The Balaban J connectivity index is 1.48. The van der Waals surface area contributed by atoms with E-state index in [1.807, 2.05) is 0 Å². The molecule has 0 aromatic carbocycles. The van der Waals surface area contributed by atoms with Gasteiger partial charge in [-0.15, -0.1) is 13.2 Å². The smallest absolute Gasteiger partial charge is 0.352 e.